The van der Waals surface area contributed by atoms with Crippen molar-refractivity contribution in [3.05, 3.63) is 28.5 Å². The van der Waals surface area contributed by atoms with Gasteiger partial charge in [0.2, 0.25) is 0 Å². The molecule has 1 N–H and O–H groups in total. The zero-order chi connectivity index (χ0) is 11.9. The molecule has 16 heavy (non-hydrogen) atoms. The molecule has 0 atom stereocenters. The minimum absolute atomic E-state index is 0.00889. The van der Waals surface area contributed by atoms with Gasteiger partial charge in [-0.2, -0.15) is 10.4 Å². The number of hydrogen-bond acceptors (Lipinski definition) is 2. The van der Waals surface area contributed by atoms with Crippen LogP contribution in [-0.4, -0.2) is 10.2 Å². The molecule has 0 saturated heterocycles. The highest BCUT2D eigenvalue weighted by atomic mass is 19.3. The summed E-state index contributed by atoms with van der Waals surface area (Å²) in [6.07, 6.45) is -2.54. The second-order valence-electron chi connectivity index (χ2n) is 3.64. The van der Waals surface area contributed by atoms with Crippen molar-refractivity contribution in [3.63, 3.8) is 0 Å². The zero-order valence-electron chi connectivity index (χ0n) is 8.81. The summed E-state index contributed by atoms with van der Waals surface area (Å²) < 4.78 is 25.7. The maximum Gasteiger partial charge on any atom is 0.264 e. The van der Waals surface area contributed by atoms with Gasteiger partial charge in [0.1, 0.15) is 6.07 Å². The molecule has 5 heteroatoms. The van der Waals surface area contributed by atoms with E-state index in [1.54, 1.807) is 19.9 Å². The molecule has 2 rings (SSSR count). The highest BCUT2D eigenvalue weighted by Crippen LogP contribution is 2.32. The van der Waals surface area contributed by atoms with Crippen LogP contribution in [0, 0.1) is 25.2 Å². The Bertz CT molecular complexity index is 593. The summed E-state index contributed by atoms with van der Waals surface area (Å²) >= 11 is 0. The molecule has 0 unspecified atom stereocenters. The number of nitrogens with zero attached hydrogens (tertiary/aromatic N) is 2. The number of hydrogen-bond donors (Lipinski definition) is 1. The average Bonchev–Trinajstić information content (AvgIpc) is 2.59. The van der Waals surface area contributed by atoms with Crippen LogP contribution in [0.5, 0.6) is 0 Å². The SMILES string of the molecule is Cc1cc2[nH]nc(C#N)c2c(C)c1C(F)F. The third-order valence-electron chi connectivity index (χ3n) is 2.68. The molecule has 0 spiro atoms. The number of nitrogens with one attached hydrogen (secondary N) is 1. The molecule has 0 bridgehead atoms. The number of nitriles is 1. The second kappa shape index (κ2) is 3.56. The van der Waals surface area contributed by atoms with Crippen molar-refractivity contribution in [3.8, 4) is 6.07 Å². The molecule has 1 heterocycles. The number of aromatic amines is 1. The Hall–Kier alpha value is -1.96. The quantitative estimate of drug-likeness (QED) is 0.804. The van der Waals surface area contributed by atoms with E-state index in [0.29, 0.717) is 22.0 Å². The maximum atomic E-state index is 12.8. The summed E-state index contributed by atoms with van der Waals surface area (Å²) in [7, 11) is 0. The summed E-state index contributed by atoms with van der Waals surface area (Å²) in [6.45, 7) is 3.22. The number of aryl methyl sites for hydroxylation is 2. The fourth-order valence-corrected chi connectivity index (χ4v) is 1.98. The third-order valence-corrected chi connectivity index (χ3v) is 2.68. The fraction of sp³-hybridized carbons (Fsp3) is 0.273. The molecular formula is C11H9F2N3. The van der Waals surface area contributed by atoms with Gasteiger partial charge in [0, 0.05) is 10.9 Å². The van der Waals surface area contributed by atoms with Gasteiger partial charge in [-0.05, 0) is 31.0 Å². The van der Waals surface area contributed by atoms with E-state index in [2.05, 4.69) is 10.2 Å². The maximum absolute atomic E-state index is 12.8. The van der Waals surface area contributed by atoms with Crippen LogP contribution in [-0.2, 0) is 0 Å². The Balaban J connectivity index is 2.90. The van der Waals surface area contributed by atoms with Crippen LogP contribution in [0.2, 0.25) is 0 Å². The van der Waals surface area contributed by atoms with Crippen molar-refractivity contribution in [2.45, 2.75) is 20.3 Å². The Labute approximate surface area is 90.7 Å². The highest BCUT2D eigenvalue weighted by Gasteiger charge is 2.19. The first-order chi connectivity index (χ1) is 7.56. The molecule has 0 amide bonds. The number of fused-ring (bicyclic) bond motifs is 1. The monoisotopic (exact) mass is 221 g/mol. The van der Waals surface area contributed by atoms with E-state index in [4.69, 9.17) is 5.26 Å². The molecule has 0 aliphatic heterocycles. The minimum atomic E-state index is -2.54. The lowest BCUT2D eigenvalue weighted by atomic mass is 9.98. The second-order valence-corrected chi connectivity index (χ2v) is 3.64. The van der Waals surface area contributed by atoms with E-state index in [1.807, 2.05) is 6.07 Å². The first-order valence-electron chi connectivity index (χ1n) is 4.72. The predicted molar refractivity (Wildman–Crippen MR) is 55.2 cm³/mol. The Morgan fingerprint density at radius 3 is 2.69 bits per heavy atom. The summed E-state index contributed by atoms with van der Waals surface area (Å²) in [4.78, 5) is 0. The molecule has 3 nitrogen and oxygen atoms in total. The van der Waals surface area contributed by atoms with Crippen LogP contribution < -0.4 is 0 Å². The largest absolute Gasteiger partial charge is 0.276 e. The number of aromatic nitrogens is 2. The molecule has 1 aromatic carbocycles. The minimum Gasteiger partial charge on any atom is -0.276 e. The summed E-state index contributed by atoms with van der Waals surface area (Å²) in [5.41, 5.74) is 1.71. The third kappa shape index (κ3) is 1.34. The molecule has 0 radical (unpaired) electrons. The van der Waals surface area contributed by atoms with Gasteiger partial charge in [0.25, 0.3) is 6.43 Å². The van der Waals surface area contributed by atoms with Crippen LogP contribution in [0.4, 0.5) is 8.78 Å². The van der Waals surface area contributed by atoms with E-state index in [-0.39, 0.29) is 11.3 Å². The lowest BCUT2D eigenvalue weighted by Crippen LogP contribution is -1.95. The van der Waals surface area contributed by atoms with Crippen molar-refractivity contribution < 1.29 is 8.78 Å². The predicted octanol–water partition coefficient (Wildman–Crippen LogP) is 2.99. The van der Waals surface area contributed by atoms with Gasteiger partial charge in [-0.15, -0.1) is 0 Å². The lowest BCUT2D eigenvalue weighted by molar-refractivity contribution is 0.150. The number of H-pyrrole nitrogens is 1. The van der Waals surface area contributed by atoms with Crippen LogP contribution in [0.15, 0.2) is 6.07 Å². The molecule has 1 aromatic heterocycles. The molecule has 0 aliphatic rings. The van der Waals surface area contributed by atoms with Gasteiger partial charge < -0.3 is 0 Å². The summed E-state index contributed by atoms with van der Waals surface area (Å²) in [5, 5.41) is 15.8. The molecule has 2 aromatic rings. The van der Waals surface area contributed by atoms with Gasteiger partial charge in [-0.3, -0.25) is 5.10 Å². The highest BCUT2D eigenvalue weighted by molar-refractivity contribution is 5.88. The molecule has 0 aliphatic carbocycles. The number of rotatable bonds is 1. The van der Waals surface area contributed by atoms with E-state index in [0.717, 1.165) is 0 Å². The van der Waals surface area contributed by atoms with Crippen LogP contribution in [0.3, 0.4) is 0 Å². The summed E-state index contributed by atoms with van der Waals surface area (Å²) in [5.74, 6) is 0. The molecule has 0 fully saturated rings. The smallest absolute Gasteiger partial charge is 0.264 e. The number of halogens is 2. The Morgan fingerprint density at radius 1 is 1.44 bits per heavy atom. The van der Waals surface area contributed by atoms with E-state index >= 15 is 0 Å². The standard InChI is InChI=1S/C11H9F2N3/c1-5-3-7-10(8(4-14)16-15-7)6(2)9(5)11(12)13/h3,11H,1-2H3,(H,15,16). The van der Waals surface area contributed by atoms with Gasteiger partial charge >= 0.3 is 0 Å². The molecule has 0 saturated carbocycles. The van der Waals surface area contributed by atoms with Crippen LogP contribution in [0.1, 0.15) is 28.8 Å². The van der Waals surface area contributed by atoms with Gasteiger partial charge in [0.05, 0.1) is 5.52 Å². The van der Waals surface area contributed by atoms with Gasteiger partial charge in [0.15, 0.2) is 5.69 Å². The zero-order valence-corrected chi connectivity index (χ0v) is 8.81. The summed E-state index contributed by atoms with van der Waals surface area (Å²) in [6, 6.07) is 3.48. The van der Waals surface area contributed by atoms with E-state index < -0.39 is 6.43 Å². The fourth-order valence-electron chi connectivity index (χ4n) is 1.98. The van der Waals surface area contributed by atoms with Crippen molar-refractivity contribution in [2.75, 3.05) is 0 Å². The van der Waals surface area contributed by atoms with Gasteiger partial charge in [-0.25, -0.2) is 8.78 Å². The number of alkyl halides is 2. The van der Waals surface area contributed by atoms with E-state index in [1.165, 1.54) is 0 Å². The average molecular weight is 221 g/mol. The van der Waals surface area contributed by atoms with Crippen molar-refractivity contribution in [2.24, 2.45) is 0 Å². The lowest BCUT2D eigenvalue weighted by Gasteiger charge is -2.09. The molecule has 82 valence electrons. The van der Waals surface area contributed by atoms with Crippen molar-refractivity contribution >= 4 is 10.9 Å². The van der Waals surface area contributed by atoms with Crippen LogP contribution in [0.25, 0.3) is 10.9 Å². The Kier molecular flexibility index (Phi) is 2.35. The van der Waals surface area contributed by atoms with Crippen molar-refractivity contribution in [1.29, 1.82) is 5.26 Å². The normalized spacial score (nSPS) is 11.0. The van der Waals surface area contributed by atoms with E-state index in [9.17, 15) is 8.78 Å². The number of benzene rings is 1. The van der Waals surface area contributed by atoms with Gasteiger partial charge in [-0.1, -0.05) is 0 Å². The molecular weight excluding hydrogens is 212 g/mol. The Morgan fingerprint density at radius 2 is 2.12 bits per heavy atom. The van der Waals surface area contributed by atoms with Crippen molar-refractivity contribution in [1.82, 2.24) is 10.2 Å². The first kappa shape index (κ1) is 10.6. The first-order valence-corrected chi connectivity index (χ1v) is 4.72. The van der Waals surface area contributed by atoms with Crippen LogP contribution >= 0.6 is 0 Å². The topological polar surface area (TPSA) is 52.5 Å².